The van der Waals surface area contributed by atoms with Gasteiger partial charge < -0.3 is 4.74 Å². The highest BCUT2D eigenvalue weighted by Crippen LogP contribution is 2.26. The summed E-state index contributed by atoms with van der Waals surface area (Å²) in [6.07, 6.45) is 1.84. The van der Waals surface area contributed by atoms with Gasteiger partial charge >= 0.3 is 0 Å². The quantitative estimate of drug-likeness (QED) is 0.898. The van der Waals surface area contributed by atoms with Crippen molar-refractivity contribution in [3.05, 3.63) is 16.7 Å². The first-order chi connectivity index (χ1) is 6.66. The standard InChI is InChI=1S/C9H10BrN3O/c1-5(2)14-9-7(10)3-6-4-11-13-8(6)12-9/h3-5H,1-2H3,(H,11,12,13). The first kappa shape index (κ1) is 9.45. The number of pyridine rings is 1. The number of ether oxygens (including phenoxy) is 1. The Balaban J connectivity index is 2.48. The van der Waals surface area contributed by atoms with E-state index in [0.717, 1.165) is 15.5 Å². The number of hydrogen-bond acceptors (Lipinski definition) is 3. The molecule has 74 valence electrons. The van der Waals surface area contributed by atoms with Crippen LogP contribution in [0.2, 0.25) is 0 Å². The van der Waals surface area contributed by atoms with Crippen molar-refractivity contribution in [3.8, 4) is 5.88 Å². The maximum absolute atomic E-state index is 5.52. The Morgan fingerprint density at radius 1 is 1.50 bits per heavy atom. The molecule has 0 fully saturated rings. The van der Waals surface area contributed by atoms with Crippen LogP contribution < -0.4 is 4.74 Å². The van der Waals surface area contributed by atoms with Gasteiger partial charge in [0.05, 0.1) is 16.8 Å². The van der Waals surface area contributed by atoms with E-state index in [1.54, 1.807) is 6.20 Å². The summed E-state index contributed by atoms with van der Waals surface area (Å²) in [5.41, 5.74) is 0.740. The predicted molar refractivity (Wildman–Crippen MR) is 57.4 cm³/mol. The van der Waals surface area contributed by atoms with Gasteiger partial charge in [-0.15, -0.1) is 0 Å². The fraction of sp³-hybridized carbons (Fsp3) is 0.333. The summed E-state index contributed by atoms with van der Waals surface area (Å²) in [6.45, 7) is 3.93. The molecule has 0 saturated heterocycles. The molecule has 2 rings (SSSR count). The lowest BCUT2D eigenvalue weighted by Gasteiger charge is -2.09. The summed E-state index contributed by atoms with van der Waals surface area (Å²) in [5.74, 6) is 0.594. The Hall–Kier alpha value is -1.10. The van der Waals surface area contributed by atoms with Crippen molar-refractivity contribution in [1.82, 2.24) is 15.2 Å². The summed E-state index contributed by atoms with van der Waals surface area (Å²) >= 11 is 3.40. The van der Waals surface area contributed by atoms with E-state index in [1.807, 2.05) is 19.9 Å². The molecular weight excluding hydrogens is 246 g/mol. The molecule has 2 heterocycles. The molecule has 0 atom stereocenters. The highest BCUT2D eigenvalue weighted by Gasteiger charge is 2.08. The highest BCUT2D eigenvalue weighted by molar-refractivity contribution is 9.10. The van der Waals surface area contributed by atoms with E-state index in [0.29, 0.717) is 5.88 Å². The van der Waals surface area contributed by atoms with E-state index in [4.69, 9.17) is 4.74 Å². The zero-order valence-electron chi connectivity index (χ0n) is 7.91. The summed E-state index contributed by atoms with van der Waals surface area (Å²) in [5, 5.41) is 7.66. The molecule has 1 N–H and O–H groups in total. The van der Waals surface area contributed by atoms with Gasteiger partial charge in [0.15, 0.2) is 5.65 Å². The van der Waals surface area contributed by atoms with E-state index in [2.05, 4.69) is 31.1 Å². The second kappa shape index (κ2) is 3.57. The zero-order chi connectivity index (χ0) is 10.1. The third kappa shape index (κ3) is 1.72. The SMILES string of the molecule is CC(C)Oc1nc2[nH]ncc2cc1Br. The second-order valence-electron chi connectivity index (χ2n) is 3.25. The van der Waals surface area contributed by atoms with Crippen LogP contribution in [0.4, 0.5) is 0 Å². The van der Waals surface area contributed by atoms with Crippen molar-refractivity contribution in [3.63, 3.8) is 0 Å². The van der Waals surface area contributed by atoms with Gasteiger partial charge in [0, 0.05) is 5.39 Å². The van der Waals surface area contributed by atoms with Crippen LogP contribution in [-0.4, -0.2) is 21.3 Å². The van der Waals surface area contributed by atoms with Crippen molar-refractivity contribution in [2.75, 3.05) is 0 Å². The van der Waals surface area contributed by atoms with Crippen LogP contribution in [0.5, 0.6) is 5.88 Å². The predicted octanol–water partition coefficient (Wildman–Crippen LogP) is 2.51. The first-order valence-electron chi connectivity index (χ1n) is 4.33. The average molecular weight is 256 g/mol. The second-order valence-corrected chi connectivity index (χ2v) is 4.10. The van der Waals surface area contributed by atoms with Gasteiger partial charge in [-0.3, -0.25) is 5.10 Å². The molecule has 0 unspecified atom stereocenters. The molecule has 0 amide bonds. The number of hydrogen-bond donors (Lipinski definition) is 1. The number of nitrogens with zero attached hydrogens (tertiary/aromatic N) is 2. The lowest BCUT2D eigenvalue weighted by molar-refractivity contribution is 0.231. The Bertz CT molecular complexity index is 452. The van der Waals surface area contributed by atoms with Gasteiger partial charge in [-0.05, 0) is 35.8 Å². The number of aromatic nitrogens is 3. The minimum atomic E-state index is 0.110. The van der Waals surface area contributed by atoms with Crippen molar-refractivity contribution >= 4 is 27.0 Å². The molecule has 0 radical (unpaired) electrons. The average Bonchev–Trinajstić information content (AvgIpc) is 2.51. The van der Waals surface area contributed by atoms with Gasteiger partial charge in [0.2, 0.25) is 5.88 Å². The summed E-state index contributed by atoms with van der Waals surface area (Å²) in [6, 6.07) is 1.93. The molecule has 0 aliphatic rings. The van der Waals surface area contributed by atoms with E-state index >= 15 is 0 Å². The van der Waals surface area contributed by atoms with Crippen LogP contribution in [0.25, 0.3) is 11.0 Å². The smallest absolute Gasteiger partial charge is 0.230 e. The number of fused-ring (bicyclic) bond motifs is 1. The minimum absolute atomic E-state index is 0.110. The Kier molecular flexibility index (Phi) is 2.41. The summed E-state index contributed by atoms with van der Waals surface area (Å²) in [4.78, 5) is 4.29. The van der Waals surface area contributed by atoms with E-state index in [1.165, 1.54) is 0 Å². The van der Waals surface area contributed by atoms with Crippen molar-refractivity contribution in [1.29, 1.82) is 0 Å². The highest BCUT2D eigenvalue weighted by atomic mass is 79.9. The van der Waals surface area contributed by atoms with Crippen LogP contribution in [0.1, 0.15) is 13.8 Å². The van der Waals surface area contributed by atoms with E-state index in [9.17, 15) is 0 Å². The monoisotopic (exact) mass is 255 g/mol. The van der Waals surface area contributed by atoms with Crippen LogP contribution in [0, 0.1) is 0 Å². The molecule has 4 nitrogen and oxygen atoms in total. The molecular formula is C9H10BrN3O. The molecule has 0 aliphatic heterocycles. The Morgan fingerprint density at radius 3 is 3.00 bits per heavy atom. The van der Waals surface area contributed by atoms with E-state index in [-0.39, 0.29) is 6.10 Å². The zero-order valence-corrected chi connectivity index (χ0v) is 9.50. The summed E-state index contributed by atoms with van der Waals surface area (Å²) in [7, 11) is 0. The number of H-pyrrole nitrogens is 1. The first-order valence-corrected chi connectivity index (χ1v) is 5.12. The van der Waals surface area contributed by atoms with Gasteiger partial charge in [0.1, 0.15) is 0 Å². The largest absolute Gasteiger partial charge is 0.474 e. The normalized spacial score (nSPS) is 11.1. The number of nitrogens with one attached hydrogen (secondary N) is 1. The van der Waals surface area contributed by atoms with E-state index < -0.39 is 0 Å². The number of aromatic amines is 1. The molecule has 0 bridgehead atoms. The van der Waals surface area contributed by atoms with Crippen LogP contribution in [0.3, 0.4) is 0 Å². The molecule has 0 spiro atoms. The molecule has 2 aromatic rings. The molecule has 0 aromatic carbocycles. The van der Waals surface area contributed by atoms with Crippen LogP contribution >= 0.6 is 15.9 Å². The molecule has 0 saturated carbocycles. The van der Waals surface area contributed by atoms with Crippen LogP contribution in [0.15, 0.2) is 16.7 Å². The van der Waals surface area contributed by atoms with Gasteiger partial charge in [0.25, 0.3) is 0 Å². The molecule has 2 aromatic heterocycles. The molecule has 5 heteroatoms. The fourth-order valence-electron chi connectivity index (χ4n) is 1.14. The topological polar surface area (TPSA) is 50.8 Å². The van der Waals surface area contributed by atoms with Crippen LogP contribution in [-0.2, 0) is 0 Å². The lowest BCUT2D eigenvalue weighted by atomic mass is 10.3. The number of rotatable bonds is 2. The van der Waals surface area contributed by atoms with Gasteiger partial charge in [-0.25, -0.2) is 0 Å². The molecule has 14 heavy (non-hydrogen) atoms. The van der Waals surface area contributed by atoms with Gasteiger partial charge in [-0.2, -0.15) is 10.1 Å². The number of halogens is 1. The third-order valence-electron chi connectivity index (χ3n) is 1.69. The Morgan fingerprint density at radius 2 is 2.29 bits per heavy atom. The fourth-order valence-corrected chi connectivity index (χ4v) is 1.57. The van der Waals surface area contributed by atoms with Gasteiger partial charge in [-0.1, -0.05) is 0 Å². The molecule has 0 aliphatic carbocycles. The lowest BCUT2D eigenvalue weighted by Crippen LogP contribution is -2.07. The van der Waals surface area contributed by atoms with Crippen molar-refractivity contribution in [2.45, 2.75) is 20.0 Å². The maximum Gasteiger partial charge on any atom is 0.230 e. The maximum atomic E-state index is 5.52. The van der Waals surface area contributed by atoms with Crippen molar-refractivity contribution < 1.29 is 4.74 Å². The minimum Gasteiger partial charge on any atom is -0.474 e. The third-order valence-corrected chi connectivity index (χ3v) is 2.26. The Labute approximate surface area is 89.8 Å². The summed E-state index contributed by atoms with van der Waals surface area (Å²) < 4.78 is 6.36. The van der Waals surface area contributed by atoms with Crippen molar-refractivity contribution in [2.24, 2.45) is 0 Å².